The lowest BCUT2D eigenvalue weighted by Crippen LogP contribution is -2.50. The Hall–Kier alpha value is -3.32. The summed E-state index contributed by atoms with van der Waals surface area (Å²) in [7, 11) is -2.17. The van der Waals surface area contributed by atoms with E-state index in [9.17, 15) is 13.2 Å². The molecule has 7 heteroatoms. The lowest BCUT2D eigenvalue weighted by molar-refractivity contribution is -0.137. The van der Waals surface area contributed by atoms with Crippen molar-refractivity contribution in [3.8, 4) is 5.75 Å². The number of para-hydroxylation sites is 2. The number of sulfonamides is 1. The topological polar surface area (TPSA) is 66.9 Å². The summed E-state index contributed by atoms with van der Waals surface area (Å²) in [6.07, 6.45) is -0.941. The Kier molecular flexibility index (Phi) is 5.69. The fourth-order valence-electron chi connectivity index (χ4n) is 3.58. The van der Waals surface area contributed by atoms with Gasteiger partial charge in [-0.3, -0.25) is 9.10 Å². The number of nitrogens with zero attached hydrogens (tertiary/aromatic N) is 2. The van der Waals surface area contributed by atoms with E-state index in [1.165, 1.54) is 4.31 Å². The van der Waals surface area contributed by atoms with Crippen molar-refractivity contribution in [3.05, 3.63) is 90.0 Å². The molecule has 0 aromatic heterocycles. The number of rotatable bonds is 5. The molecule has 0 bridgehead atoms. The highest BCUT2D eigenvalue weighted by Gasteiger charge is 2.38. The third-order valence-corrected chi connectivity index (χ3v) is 7.05. The Morgan fingerprint density at radius 3 is 2.35 bits per heavy atom. The van der Waals surface area contributed by atoms with Crippen LogP contribution in [0.15, 0.2) is 83.8 Å². The fraction of sp³-hybridized carbons (Fsp3) is 0.208. The number of carbonyl (C=O) groups excluding carboxylic acids is 1. The number of hydrogen-bond donors (Lipinski definition) is 0. The van der Waals surface area contributed by atoms with E-state index in [1.54, 1.807) is 60.5 Å². The molecule has 4 rings (SSSR count). The van der Waals surface area contributed by atoms with E-state index in [0.29, 0.717) is 18.0 Å². The molecule has 160 valence electrons. The predicted octanol–water partition coefficient (Wildman–Crippen LogP) is 3.61. The lowest BCUT2D eigenvalue weighted by atomic mass is 10.2. The Bertz CT molecular complexity index is 1180. The maximum absolute atomic E-state index is 13.4. The first-order valence-electron chi connectivity index (χ1n) is 10.0. The molecule has 0 spiro atoms. The van der Waals surface area contributed by atoms with Gasteiger partial charge in [0, 0.05) is 13.6 Å². The minimum absolute atomic E-state index is 0.0921. The zero-order valence-electron chi connectivity index (χ0n) is 17.4. The summed E-state index contributed by atoms with van der Waals surface area (Å²) < 4.78 is 34.1. The van der Waals surface area contributed by atoms with Crippen LogP contribution in [0.4, 0.5) is 5.69 Å². The van der Waals surface area contributed by atoms with Gasteiger partial charge in [-0.2, -0.15) is 0 Å². The highest BCUT2D eigenvalue weighted by Crippen LogP contribution is 2.37. The molecule has 0 unspecified atom stereocenters. The summed E-state index contributed by atoms with van der Waals surface area (Å²) in [6, 6.07) is 23.2. The quantitative estimate of drug-likeness (QED) is 0.613. The van der Waals surface area contributed by atoms with Crippen molar-refractivity contribution in [2.24, 2.45) is 0 Å². The minimum Gasteiger partial charge on any atom is -0.476 e. The van der Waals surface area contributed by atoms with Crippen molar-refractivity contribution < 1.29 is 17.9 Å². The van der Waals surface area contributed by atoms with Gasteiger partial charge in [0.25, 0.3) is 15.9 Å². The van der Waals surface area contributed by atoms with E-state index >= 15 is 0 Å². The Morgan fingerprint density at radius 1 is 1.00 bits per heavy atom. The number of hydrogen-bond acceptors (Lipinski definition) is 4. The van der Waals surface area contributed by atoms with Crippen LogP contribution in [0.3, 0.4) is 0 Å². The van der Waals surface area contributed by atoms with Gasteiger partial charge < -0.3 is 9.64 Å². The molecule has 0 saturated heterocycles. The maximum Gasteiger partial charge on any atom is 0.265 e. The van der Waals surface area contributed by atoms with Gasteiger partial charge in [0.1, 0.15) is 5.75 Å². The Balaban J connectivity index is 1.64. The molecule has 1 atom stereocenters. The third kappa shape index (κ3) is 4.27. The SMILES string of the molecule is Cc1ccc(S(=O)(=O)N2C[C@@H](C(=O)N(C)Cc3ccccc3)Oc3ccccc32)cc1. The standard InChI is InChI=1S/C24H24N2O4S/c1-18-12-14-20(15-13-18)31(28,29)26-17-23(30-22-11-7-6-10-21(22)26)24(27)25(2)16-19-8-4-3-5-9-19/h3-15,23H,16-17H2,1-2H3/t23-/m0/s1. The number of carbonyl (C=O) groups is 1. The van der Waals surface area contributed by atoms with E-state index in [4.69, 9.17) is 4.74 Å². The first-order valence-corrected chi connectivity index (χ1v) is 11.4. The second-order valence-corrected chi connectivity index (χ2v) is 9.47. The van der Waals surface area contributed by atoms with Gasteiger partial charge in [0.05, 0.1) is 17.1 Å². The van der Waals surface area contributed by atoms with Crippen LogP contribution in [-0.2, 0) is 21.4 Å². The first-order chi connectivity index (χ1) is 14.9. The molecule has 0 radical (unpaired) electrons. The van der Waals surface area contributed by atoms with Crippen LogP contribution in [0.2, 0.25) is 0 Å². The smallest absolute Gasteiger partial charge is 0.265 e. The molecule has 0 aliphatic carbocycles. The summed E-state index contributed by atoms with van der Waals surface area (Å²) in [5.41, 5.74) is 2.38. The molecule has 1 heterocycles. The van der Waals surface area contributed by atoms with E-state index in [0.717, 1.165) is 11.1 Å². The number of benzene rings is 3. The van der Waals surface area contributed by atoms with E-state index < -0.39 is 16.1 Å². The van der Waals surface area contributed by atoms with Crippen molar-refractivity contribution in [2.45, 2.75) is 24.5 Å². The molecule has 0 N–H and O–H groups in total. The fourth-order valence-corrected chi connectivity index (χ4v) is 5.05. The predicted molar refractivity (Wildman–Crippen MR) is 119 cm³/mol. The number of ether oxygens (including phenoxy) is 1. The zero-order valence-corrected chi connectivity index (χ0v) is 18.2. The van der Waals surface area contributed by atoms with Crippen molar-refractivity contribution in [2.75, 3.05) is 17.9 Å². The van der Waals surface area contributed by atoms with Gasteiger partial charge in [-0.05, 0) is 36.8 Å². The zero-order chi connectivity index (χ0) is 22.0. The maximum atomic E-state index is 13.4. The van der Waals surface area contributed by atoms with E-state index in [2.05, 4.69) is 0 Å². The number of aryl methyl sites for hydroxylation is 1. The largest absolute Gasteiger partial charge is 0.476 e. The highest BCUT2D eigenvalue weighted by atomic mass is 32.2. The normalized spacial score (nSPS) is 15.7. The lowest BCUT2D eigenvalue weighted by Gasteiger charge is -2.36. The molecular formula is C24H24N2O4S. The number of fused-ring (bicyclic) bond motifs is 1. The van der Waals surface area contributed by atoms with Gasteiger partial charge in [-0.15, -0.1) is 0 Å². The Labute approximate surface area is 182 Å². The molecular weight excluding hydrogens is 412 g/mol. The van der Waals surface area contributed by atoms with Gasteiger partial charge in [0.2, 0.25) is 0 Å². The number of anilines is 1. The highest BCUT2D eigenvalue weighted by molar-refractivity contribution is 7.92. The average molecular weight is 437 g/mol. The first kappa shape index (κ1) is 20.9. The van der Waals surface area contributed by atoms with Gasteiger partial charge in [0.15, 0.2) is 6.10 Å². The van der Waals surface area contributed by atoms with E-state index in [1.807, 2.05) is 37.3 Å². The molecule has 0 saturated carbocycles. The second kappa shape index (κ2) is 8.43. The van der Waals surface area contributed by atoms with Crippen molar-refractivity contribution in [3.63, 3.8) is 0 Å². The summed E-state index contributed by atoms with van der Waals surface area (Å²) in [5, 5.41) is 0. The van der Waals surface area contributed by atoms with Crippen LogP contribution in [0.1, 0.15) is 11.1 Å². The molecule has 6 nitrogen and oxygen atoms in total. The van der Waals surface area contributed by atoms with Crippen molar-refractivity contribution in [1.82, 2.24) is 4.90 Å². The Morgan fingerprint density at radius 2 is 1.65 bits per heavy atom. The van der Waals surface area contributed by atoms with Gasteiger partial charge >= 0.3 is 0 Å². The summed E-state index contributed by atoms with van der Waals surface area (Å²) in [6.45, 7) is 2.22. The molecule has 3 aromatic carbocycles. The molecule has 1 amide bonds. The summed E-state index contributed by atoms with van der Waals surface area (Å²) >= 11 is 0. The molecule has 0 fully saturated rings. The second-order valence-electron chi connectivity index (χ2n) is 7.60. The molecule has 31 heavy (non-hydrogen) atoms. The van der Waals surface area contributed by atoms with Crippen LogP contribution in [0, 0.1) is 6.92 Å². The van der Waals surface area contributed by atoms with Crippen LogP contribution in [0.5, 0.6) is 5.75 Å². The van der Waals surface area contributed by atoms with Crippen LogP contribution < -0.4 is 9.04 Å². The van der Waals surface area contributed by atoms with Crippen molar-refractivity contribution in [1.29, 1.82) is 0 Å². The molecule has 3 aromatic rings. The molecule has 1 aliphatic heterocycles. The number of likely N-dealkylation sites (N-methyl/N-ethyl adjacent to an activating group) is 1. The summed E-state index contributed by atoms with van der Waals surface area (Å²) in [4.78, 5) is 14.9. The minimum atomic E-state index is -3.86. The monoisotopic (exact) mass is 436 g/mol. The van der Waals surface area contributed by atoms with Gasteiger partial charge in [-0.25, -0.2) is 8.42 Å². The van der Waals surface area contributed by atoms with Crippen molar-refractivity contribution >= 4 is 21.6 Å². The average Bonchev–Trinajstić information content (AvgIpc) is 2.78. The van der Waals surface area contributed by atoms with Gasteiger partial charge in [-0.1, -0.05) is 60.2 Å². The third-order valence-electron chi connectivity index (χ3n) is 5.26. The number of amides is 1. The van der Waals surface area contributed by atoms with E-state index in [-0.39, 0.29) is 17.3 Å². The van der Waals surface area contributed by atoms with Crippen LogP contribution in [-0.4, -0.2) is 38.9 Å². The van der Waals surface area contributed by atoms with Crippen LogP contribution >= 0.6 is 0 Å². The summed E-state index contributed by atoms with van der Waals surface area (Å²) in [5.74, 6) is 0.0957. The van der Waals surface area contributed by atoms with Crippen LogP contribution in [0.25, 0.3) is 0 Å². The molecule has 1 aliphatic rings.